The number of phenols is 1. The van der Waals surface area contributed by atoms with Gasteiger partial charge in [-0.1, -0.05) is 125 Å². The number of aromatic hydroxyl groups is 1. The van der Waals surface area contributed by atoms with Crippen LogP contribution in [0.5, 0.6) is 5.75 Å². The molecule has 44 heteroatoms. The molecule has 0 saturated carbocycles. The number of carboxylic acid groups (broad SMARTS) is 2. The van der Waals surface area contributed by atoms with Crippen molar-refractivity contribution in [2.75, 3.05) is 52.3 Å². The van der Waals surface area contributed by atoms with Gasteiger partial charge in [-0.05, 0) is 90.3 Å². The van der Waals surface area contributed by atoms with Gasteiger partial charge in [0, 0.05) is 95.2 Å². The maximum absolute atomic E-state index is 15.6. The van der Waals surface area contributed by atoms with Crippen LogP contribution in [0.15, 0.2) is 128 Å². The van der Waals surface area contributed by atoms with Gasteiger partial charge < -0.3 is 115 Å². The monoisotopic (exact) mass is 1920 g/mol. The van der Waals surface area contributed by atoms with Crippen molar-refractivity contribution in [3.8, 4) is 5.75 Å². The van der Waals surface area contributed by atoms with E-state index in [1.165, 1.54) is 55.1 Å². The molecule has 6 aromatic rings. The number of epoxide rings is 1. The summed E-state index contributed by atoms with van der Waals surface area (Å²) in [5.41, 5.74) is 19.3. The third-order valence-electron chi connectivity index (χ3n) is 23.7. The minimum Gasteiger partial charge on any atom is -0.508 e. The van der Waals surface area contributed by atoms with Crippen LogP contribution >= 0.6 is 11.8 Å². The number of aromatic nitrogens is 1. The number of carboxylic acids is 2. The van der Waals surface area contributed by atoms with E-state index in [2.05, 4.69) is 47.5 Å². The van der Waals surface area contributed by atoms with E-state index in [4.69, 9.17) is 21.9 Å². The average Bonchev–Trinajstić information content (AvgIpc) is 1.61. The van der Waals surface area contributed by atoms with E-state index in [1.54, 1.807) is 112 Å². The summed E-state index contributed by atoms with van der Waals surface area (Å²) in [6.07, 6.45) is -7.12. The van der Waals surface area contributed by atoms with Crippen LogP contribution in [0.1, 0.15) is 107 Å². The van der Waals surface area contributed by atoms with Crippen LogP contribution in [0.25, 0.3) is 10.9 Å². The van der Waals surface area contributed by atoms with Crippen LogP contribution in [0.4, 0.5) is 13.2 Å². The number of primary amides is 2. The van der Waals surface area contributed by atoms with Gasteiger partial charge in [-0.3, -0.25) is 86.4 Å². The first-order valence-electron chi connectivity index (χ1n) is 44.1. The number of fused-ring (bicyclic) bond motifs is 1. The summed E-state index contributed by atoms with van der Waals surface area (Å²) in [6, 6.07) is 9.67. The van der Waals surface area contributed by atoms with Gasteiger partial charge in [0.05, 0.1) is 55.9 Å². The fraction of sp³-hybridized carbons (Fsp3) is 0.467. The highest BCUT2D eigenvalue weighted by molar-refractivity contribution is 8.00. The minimum atomic E-state index is -2.04. The first-order valence-corrected chi connectivity index (χ1v) is 45.2. The van der Waals surface area contributed by atoms with Crippen LogP contribution in [0.3, 0.4) is 0 Å². The molecule has 3 saturated heterocycles. The van der Waals surface area contributed by atoms with Gasteiger partial charge in [-0.2, -0.15) is 0 Å². The number of likely N-dealkylation sites (tertiary alicyclic amines) is 2. The Hall–Kier alpha value is -13.4. The number of Topliss-reactive ketones (excluding diaryl/α,β-unsaturated/α-hetero) is 1. The normalized spacial score (nSPS) is 18.7. The van der Waals surface area contributed by atoms with E-state index in [-0.39, 0.29) is 62.2 Å². The molecule has 4 heterocycles. The summed E-state index contributed by atoms with van der Waals surface area (Å²) >= 11 is 0.560. The number of aliphatic carboxylic acids is 2. The summed E-state index contributed by atoms with van der Waals surface area (Å²) in [4.78, 5) is 248. The number of phenolic OH excluding ortho intramolecular Hbond substituents is 1. The number of rotatable bonds is 50. The van der Waals surface area contributed by atoms with Crippen molar-refractivity contribution < 1.29 is 125 Å². The predicted molar refractivity (Wildman–Crippen MR) is 484 cm³/mol. The molecular weight excluding hydrogens is 1800 g/mol. The zero-order chi connectivity index (χ0) is 99.8. The zero-order valence-corrected chi connectivity index (χ0v) is 76.7. The number of ketones is 1. The molecule has 136 heavy (non-hydrogen) atoms. The van der Waals surface area contributed by atoms with Crippen molar-refractivity contribution in [1.82, 2.24) is 72.0 Å². The maximum Gasteiger partial charge on any atom is 0.305 e. The van der Waals surface area contributed by atoms with Gasteiger partial charge in [0.2, 0.25) is 82.7 Å². The molecular formula is C92H116F3N17O23S. The third kappa shape index (κ3) is 29.5. The number of H-pyrrole nitrogens is 1. The minimum absolute atomic E-state index is 0.109. The van der Waals surface area contributed by atoms with E-state index in [1.807, 2.05) is 0 Å². The number of para-hydroxylation sites is 1. The average molecular weight is 1920 g/mol. The molecule has 0 bridgehead atoms. The molecule has 0 spiro atoms. The van der Waals surface area contributed by atoms with Crippen molar-refractivity contribution in [3.05, 3.63) is 173 Å². The number of ether oxygens (including phenoxy) is 1. The fourth-order valence-corrected chi connectivity index (χ4v) is 17.3. The van der Waals surface area contributed by atoms with E-state index in [0.29, 0.717) is 52.3 Å². The van der Waals surface area contributed by atoms with Gasteiger partial charge in [0.25, 0.3) is 0 Å². The molecule has 1 aromatic heterocycles. The van der Waals surface area contributed by atoms with E-state index in [9.17, 15) is 92.3 Å². The summed E-state index contributed by atoms with van der Waals surface area (Å²) in [5.74, 6) is -25.8. The summed E-state index contributed by atoms with van der Waals surface area (Å²) < 4.78 is 50.8. The van der Waals surface area contributed by atoms with Gasteiger partial charge >= 0.3 is 11.9 Å². The van der Waals surface area contributed by atoms with E-state index >= 15 is 28.0 Å². The molecule has 17 atom stereocenters. The number of carbonyl (C=O) groups excluding carboxylic acids is 15. The first kappa shape index (κ1) is 106. The van der Waals surface area contributed by atoms with E-state index < -0.39 is 290 Å². The van der Waals surface area contributed by atoms with Crippen molar-refractivity contribution in [2.45, 2.75) is 214 Å². The lowest BCUT2D eigenvalue weighted by atomic mass is 9.98. The first-order chi connectivity index (χ1) is 64.4. The Kier molecular flexibility index (Phi) is 38.4. The molecule has 40 nitrogen and oxygen atoms in total. The van der Waals surface area contributed by atoms with Crippen LogP contribution in [-0.4, -0.2) is 311 Å². The van der Waals surface area contributed by atoms with Crippen molar-refractivity contribution in [2.24, 2.45) is 23.1 Å². The number of β-amino-alcohol motifs (C(OH)–C–C–N with tert-alkyl or cyclic N) is 2. The summed E-state index contributed by atoms with van der Waals surface area (Å²) in [7, 11) is 3.73. The largest absolute Gasteiger partial charge is 0.508 e. The number of benzene rings is 5. The number of aliphatic hydroxyl groups is 2. The maximum atomic E-state index is 15.6. The van der Waals surface area contributed by atoms with Crippen LogP contribution in [-0.2, 0) is 118 Å². The fourth-order valence-electron chi connectivity index (χ4n) is 16.4. The quantitative estimate of drug-likeness (QED) is 0.0156. The summed E-state index contributed by atoms with van der Waals surface area (Å²) in [5, 5.41) is 72.3. The molecule has 5 aromatic carbocycles. The molecule has 3 fully saturated rings. The second-order valence-corrected chi connectivity index (χ2v) is 35.4. The smallest absolute Gasteiger partial charge is 0.305 e. The Morgan fingerprint density at radius 3 is 1.66 bits per heavy atom. The Morgan fingerprint density at radius 1 is 0.551 bits per heavy atom. The lowest BCUT2D eigenvalue weighted by Gasteiger charge is -2.38. The number of halogens is 3. The number of thioether (sulfide) groups is 1. The van der Waals surface area contributed by atoms with Gasteiger partial charge in [0.15, 0.2) is 23.2 Å². The highest BCUT2D eigenvalue weighted by Gasteiger charge is 2.55. The molecule has 3 aliphatic rings. The SMILES string of the molecule is CCCC[C@@H](C(=O)N1C[C@H](O)C[C@@H]1C(=O)N[C@@H](CC(=O)O)C(=O)N[C@H](C(=O)N(C)C(Cc1ccccc1)C(C)=O)C(C)C)N(C)C(=O)[C@H](Cc1ccccc1)N(C)C(=O)[C@H](Cc1cc(F)c(F)c(F)c1)NC(=O)CSC[C@H](NC(=O)[C@H](CC(N)=O)NC(=O)[C@H](Cc1ccc(O)cc1)NC(=O)[C@H](Cc1c[nH]c2ccccc12)NC(=O)[C@H]1C[C@@H](O)CN1C1OC1[C@@H](N)CC(=O)O)C(=O)NCC(N)=O. The molecule has 3 aliphatic heterocycles. The van der Waals surface area contributed by atoms with Gasteiger partial charge in [-0.25, -0.2) is 13.2 Å². The molecule has 734 valence electrons. The number of hydrogen-bond acceptors (Lipinski definition) is 24. The predicted octanol–water partition coefficient (Wildman–Crippen LogP) is -1.28. The number of unbranched alkanes of at least 4 members (excludes halogenated alkanes) is 1. The summed E-state index contributed by atoms with van der Waals surface area (Å²) in [6.45, 7) is 4.73. The molecule has 0 aliphatic carbocycles. The van der Waals surface area contributed by atoms with Crippen molar-refractivity contribution >= 4 is 123 Å². The van der Waals surface area contributed by atoms with E-state index in [0.717, 1.165) is 27.3 Å². The number of aromatic amines is 1. The highest BCUT2D eigenvalue weighted by atomic mass is 32.2. The number of carbonyl (C=O) groups is 17. The van der Waals surface area contributed by atoms with Gasteiger partial charge in [-0.15, -0.1) is 11.8 Å². The number of aliphatic hydroxyl groups excluding tert-OH is 2. The molecule has 0 radical (unpaired) electrons. The Balaban J connectivity index is 0.936. The van der Waals surface area contributed by atoms with Gasteiger partial charge in [0.1, 0.15) is 78.5 Å². The molecule has 20 N–H and O–H groups in total. The standard InChI is InChI=1S/C92H116F3N17O23S/c1-8-9-24-68(90(133)111-43-55(115)36-70(111)86(129)105-65(40-77(122)123)85(128)107-79(47(2)3)91(134)109(6)69(48(4)113)33-49-18-12-10-13-19-49)108(5)89(132)72(34-50-20-14-11-15-21-50)110(7)88(131)66(32-52-29-58(93)78(95)59(94)30-52)101-75(119)46-136-45-67(81(124)100-42-74(98)118)106-84(127)64(39-73(97)117)103-82(125)62(31-51-25-27-54(114)28-26-51)102-83(126)63(35-53-41-99-61-23-17-16-22-57(53)61)104-87(130)71-37-56(116)44-112(71)92-80(135-92)60(96)38-76(120)121/h10-23,25-30,41,47,55-56,60,62-72,79-80,92,99,114-116H,8-9,24,31-40,42-46,96H2,1-7H3,(H2,97,117)(H2,98,118)(H,100,124)(H,101,119)(H,102,126)(H,103,125)(H,104,130)(H,105,129)(H,106,127)(H,107,128)(H,120,121)(H,122,123)/t55-,56-,60+,62+,63+,64+,65+,66+,67+,68+,69?,70-,71-,72+,79+,80?,92?/m1/s1. The third-order valence-corrected chi connectivity index (χ3v) is 24.8. The van der Waals surface area contributed by atoms with Crippen LogP contribution in [0, 0.1) is 23.4 Å². The number of nitrogens with one attached hydrogen (secondary N) is 9. The lowest BCUT2D eigenvalue weighted by Crippen LogP contribution is -2.61. The number of nitrogens with two attached hydrogens (primary N) is 3. The van der Waals surface area contributed by atoms with Crippen LogP contribution in [0.2, 0.25) is 0 Å². The molecule has 14 amide bonds. The lowest BCUT2D eigenvalue weighted by molar-refractivity contribution is -0.152. The number of hydrogen-bond donors (Lipinski definition) is 17. The topological polar surface area (TPSA) is 610 Å². The second kappa shape index (κ2) is 49.2. The highest BCUT2D eigenvalue weighted by Crippen LogP contribution is 2.36. The number of likely N-dealkylation sites (N-methyl/N-ethyl adjacent to an activating group) is 3. The zero-order valence-electron chi connectivity index (χ0n) is 75.8. The Morgan fingerprint density at radius 2 is 1.07 bits per heavy atom. The number of amides is 14. The van der Waals surface area contributed by atoms with Crippen LogP contribution < -0.4 is 59.7 Å². The van der Waals surface area contributed by atoms with Crippen molar-refractivity contribution in [1.29, 1.82) is 0 Å². The number of nitrogens with zero attached hydrogens (tertiary/aromatic N) is 5. The Bertz CT molecular complexity index is 5320. The van der Waals surface area contributed by atoms with Crippen molar-refractivity contribution in [3.63, 3.8) is 0 Å². The molecule has 9 rings (SSSR count). The molecule has 3 unspecified atom stereocenters. The Labute approximate surface area is 784 Å². The second-order valence-electron chi connectivity index (χ2n) is 34.4.